The van der Waals surface area contributed by atoms with Crippen LogP contribution in [0.5, 0.6) is 0 Å². The van der Waals surface area contributed by atoms with Gasteiger partial charge in [0.25, 0.3) is 0 Å². The molecular formula is C12H16ClFN2O2. The number of nitrogens with zero attached hydrogens (tertiary/aromatic N) is 2. The van der Waals surface area contributed by atoms with Gasteiger partial charge in [0.15, 0.2) is 5.82 Å². The zero-order valence-electron chi connectivity index (χ0n) is 10.6. The number of aliphatic carboxylic acids is 1. The Morgan fingerprint density at radius 2 is 2.17 bits per heavy atom. The molecule has 18 heavy (non-hydrogen) atoms. The van der Waals surface area contributed by atoms with Crippen LogP contribution < -0.4 is 0 Å². The summed E-state index contributed by atoms with van der Waals surface area (Å²) in [6.07, 6.45) is 1.19. The molecule has 0 amide bonds. The molecule has 0 aliphatic heterocycles. The van der Waals surface area contributed by atoms with Crippen LogP contribution in [0.3, 0.4) is 0 Å². The number of carboxylic acids is 1. The van der Waals surface area contributed by atoms with Crippen LogP contribution in [0.2, 0.25) is 5.28 Å². The lowest BCUT2D eigenvalue weighted by atomic mass is 9.76. The lowest BCUT2D eigenvalue weighted by Crippen LogP contribution is -2.26. The quantitative estimate of drug-likeness (QED) is 0.858. The van der Waals surface area contributed by atoms with Crippen molar-refractivity contribution in [2.75, 3.05) is 0 Å². The van der Waals surface area contributed by atoms with E-state index in [-0.39, 0.29) is 35.2 Å². The fraction of sp³-hybridized carbons (Fsp3) is 0.583. The molecule has 0 aliphatic carbocycles. The first-order valence-electron chi connectivity index (χ1n) is 5.59. The number of carboxylic acid groups (broad SMARTS) is 1. The summed E-state index contributed by atoms with van der Waals surface area (Å²) in [5.74, 6) is -1.69. The van der Waals surface area contributed by atoms with E-state index in [0.717, 1.165) is 6.20 Å². The Hall–Kier alpha value is -1.23. The summed E-state index contributed by atoms with van der Waals surface area (Å²) in [6, 6.07) is 0. The number of aromatic nitrogens is 2. The smallest absolute Gasteiger partial charge is 0.303 e. The molecule has 0 radical (unpaired) electrons. The predicted molar refractivity (Wildman–Crippen MR) is 65.9 cm³/mol. The first-order valence-corrected chi connectivity index (χ1v) is 5.96. The van der Waals surface area contributed by atoms with Crippen molar-refractivity contribution in [2.24, 2.45) is 11.3 Å². The highest BCUT2D eigenvalue weighted by Gasteiger charge is 2.28. The van der Waals surface area contributed by atoms with Crippen LogP contribution in [0.4, 0.5) is 4.39 Å². The normalized spacial score (nSPS) is 13.4. The van der Waals surface area contributed by atoms with E-state index < -0.39 is 11.8 Å². The minimum Gasteiger partial charge on any atom is -0.481 e. The average molecular weight is 275 g/mol. The fourth-order valence-electron chi connectivity index (χ4n) is 1.65. The van der Waals surface area contributed by atoms with Gasteiger partial charge in [0, 0.05) is 6.42 Å². The summed E-state index contributed by atoms with van der Waals surface area (Å²) in [5, 5.41) is 8.86. The molecule has 0 unspecified atom stereocenters. The van der Waals surface area contributed by atoms with Crippen LogP contribution in [0.25, 0.3) is 0 Å². The van der Waals surface area contributed by atoms with Crippen LogP contribution in [0, 0.1) is 17.2 Å². The van der Waals surface area contributed by atoms with Crippen molar-refractivity contribution in [1.29, 1.82) is 0 Å². The number of hydrogen-bond donors (Lipinski definition) is 1. The van der Waals surface area contributed by atoms with Crippen molar-refractivity contribution in [3.05, 3.63) is 23.0 Å². The maximum atomic E-state index is 13.5. The van der Waals surface area contributed by atoms with E-state index in [9.17, 15) is 9.18 Å². The molecule has 0 saturated carbocycles. The summed E-state index contributed by atoms with van der Waals surface area (Å²) in [7, 11) is 0. The Balaban J connectivity index is 2.96. The standard InChI is InChI=1S/C12H16ClFN2O2/c1-12(2,3)7(5-10(17)18)4-9-8(14)6-15-11(13)16-9/h6-7H,4-5H2,1-3H3,(H,17,18)/t7-/m1/s1. The van der Waals surface area contributed by atoms with Gasteiger partial charge in [0.2, 0.25) is 5.28 Å². The highest BCUT2D eigenvalue weighted by Crippen LogP contribution is 2.32. The average Bonchev–Trinajstić information content (AvgIpc) is 2.20. The lowest BCUT2D eigenvalue weighted by molar-refractivity contribution is -0.139. The highest BCUT2D eigenvalue weighted by molar-refractivity contribution is 6.28. The first-order chi connectivity index (χ1) is 8.20. The van der Waals surface area contributed by atoms with Gasteiger partial charge in [-0.2, -0.15) is 0 Å². The molecule has 0 saturated heterocycles. The van der Waals surface area contributed by atoms with Crippen molar-refractivity contribution in [1.82, 2.24) is 9.97 Å². The minimum atomic E-state index is -0.907. The van der Waals surface area contributed by atoms with E-state index >= 15 is 0 Å². The SMILES string of the molecule is CC(C)(C)[C@@H](CC(=O)O)Cc1nc(Cl)ncc1F. The molecule has 100 valence electrons. The van der Waals surface area contributed by atoms with E-state index in [1.165, 1.54) is 0 Å². The molecule has 1 N–H and O–H groups in total. The summed E-state index contributed by atoms with van der Waals surface area (Å²) in [4.78, 5) is 18.2. The van der Waals surface area contributed by atoms with Gasteiger partial charge in [0.05, 0.1) is 11.9 Å². The predicted octanol–water partition coefficient (Wildman–Crippen LogP) is 2.95. The van der Waals surface area contributed by atoms with Gasteiger partial charge in [0.1, 0.15) is 0 Å². The Kier molecular flexibility index (Phi) is 4.62. The van der Waals surface area contributed by atoms with Gasteiger partial charge in [-0.1, -0.05) is 20.8 Å². The Morgan fingerprint density at radius 3 is 2.67 bits per heavy atom. The second-order valence-electron chi connectivity index (χ2n) is 5.30. The third kappa shape index (κ3) is 4.22. The number of halogens is 2. The highest BCUT2D eigenvalue weighted by atomic mass is 35.5. The fourth-order valence-corrected chi connectivity index (χ4v) is 1.80. The van der Waals surface area contributed by atoms with E-state index in [1.807, 2.05) is 20.8 Å². The van der Waals surface area contributed by atoms with Crippen molar-refractivity contribution in [2.45, 2.75) is 33.6 Å². The third-order valence-electron chi connectivity index (χ3n) is 2.87. The summed E-state index contributed by atoms with van der Waals surface area (Å²) in [5.41, 5.74) is -0.0985. The topological polar surface area (TPSA) is 63.1 Å². The van der Waals surface area contributed by atoms with Crippen LogP contribution >= 0.6 is 11.6 Å². The van der Waals surface area contributed by atoms with Crippen molar-refractivity contribution >= 4 is 17.6 Å². The number of rotatable bonds is 4. The Labute approximate surface area is 110 Å². The van der Waals surface area contributed by atoms with Crippen LogP contribution in [0.1, 0.15) is 32.9 Å². The summed E-state index contributed by atoms with van der Waals surface area (Å²) >= 11 is 5.62. The molecular weight excluding hydrogens is 259 g/mol. The molecule has 0 bridgehead atoms. The van der Waals surface area contributed by atoms with E-state index in [1.54, 1.807) is 0 Å². The summed E-state index contributed by atoms with van der Waals surface area (Å²) < 4.78 is 13.5. The van der Waals surface area contributed by atoms with Crippen LogP contribution in [-0.2, 0) is 11.2 Å². The van der Waals surface area contributed by atoms with Crippen LogP contribution in [-0.4, -0.2) is 21.0 Å². The monoisotopic (exact) mass is 274 g/mol. The van der Waals surface area contributed by atoms with Gasteiger partial charge in [-0.3, -0.25) is 4.79 Å². The Bertz CT molecular complexity index is 446. The van der Waals surface area contributed by atoms with Gasteiger partial charge in [-0.15, -0.1) is 0 Å². The first kappa shape index (κ1) is 14.8. The molecule has 0 aliphatic rings. The maximum absolute atomic E-state index is 13.5. The largest absolute Gasteiger partial charge is 0.481 e. The summed E-state index contributed by atoms with van der Waals surface area (Å²) in [6.45, 7) is 5.75. The molecule has 1 atom stereocenters. The molecule has 1 aromatic heterocycles. The molecule has 1 heterocycles. The van der Waals surface area contributed by atoms with E-state index in [0.29, 0.717) is 0 Å². The molecule has 1 rings (SSSR count). The molecule has 6 heteroatoms. The van der Waals surface area contributed by atoms with Crippen LogP contribution in [0.15, 0.2) is 6.20 Å². The van der Waals surface area contributed by atoms with Crippen molar-refractivity contribution in [3.63, 3.8) is 0 Å². The van der Waals surface area contributed by atoms with Gasteiger partial charge in [-0.05, 0) is 29.4 Å². The molecule has 4 nitrogen and oxygen atoms in total. The zero-order chi connectivity index (χ0) is 13.9. The van der Waals surface area contributed by atoms with Crippen molar-refractivity contribution < 1.29 is 14.3 Å². The molecule has 0 spiro atoms. The zero-order valence-corrected chi connectivity index (χ0v) is 11.3. The van der Waals surface area contributed by atoms with Gasteiger partial charge in [-0.25, -0.2) is 14.4 Å². The van der Waals surface area contributed by atoms with E-state index in [2.05, 4.69) is 9.97 Å². The molecule has 1 aromatic rings. The second kappa shape index (κ2) is 5.61. The lowest BCUT2D eigenvalue weighted by Gasteiger charge is -2.29. The van der Waals surface area contributed by atoms with E-state index in [4.69, 9.17) is 16.7 Å². The third-order valence-corrected chi connectivity index (χ3v) is 3.05. The minimum absolute atomic E-state index is 0.0330. The number of hydrogen-bond acceptors (Lipinski definition) is 3. The maximum Gasteiger partial charge on any atom is 0.303 e. The molecule has 0 fully saturated rings. The molecule has 0 aromatic carbocycles. The Morgan fingerprint density at radius 1 is 1.56 bits per heavy atom. The van der Waals surface area contributed by atoms with Gasteiger partial charge < -0.3 is 5.11 Å². The van der Waals surface area contributed by atoms with Gasteiger partial charge >= 0.3 is 5.97 Å². The number of carbonyl (C=O) groups is 1. The van der Waals surface area contributed by atoms with Crippen molar-refractivity contribution in [3.8, 4) is 0 Å². The second-order valence-corrected chi connectivity index (χ2v) is 5.64.